The molecule has 0 saturated heterocycles. The van der Waals surface area contributed by atoms with E-state index in [1.54, 1.807) is 0 Å². The molecule has 0 aliphatic heterocycles. The van der Waals surface area contributed by atoms with E-state index in [1.807, 2.05) is 25.6 Å². The van der Waals surface area contributed by atoms with Gasteiger partial charge in [0.15, 0.2) is 0 Å². The summed E-state index contributed by atoms with van der Waals surface area (Å²) in [5.41, 5.74) is 0.923. The van der Waals surface area contributed by atoms with Crippen molar-refractivity contribution in [1.29, 1.82) is 0 Å². The van der Waals surface area contributed by atoms with Gasteiger partial charge in [-0.25, -0.2) is 9.97 Å². The van der Waals surface area contributed by atoms with Crippen LogP contribution in [0.25, 0.3) is 0 Å². The second-order valence-electron chi connectivity index (χ2n) is 3.76. The Balaban J connectivity index is 2.89. The molecule has 1 unspecified atom stereocenters. The number of nitrogens with zero attached hydrogens (tertiary/aromatic N) is 2. The van der Waals surface area contributed by atoms with Crippen LogP contribution in [0.5, 0.6) is 0 Å². The van der Waals surface area contributed by atoms with Gasteiger partial charge in [-0.2, -0.15) is 11.8 Å². The monoisotopic (exact) mass is 259 g/mol. The standard InChI is InChI=1S/C11H18ClN3S/c1-5-9-14-10(12)8(3)11(15-9)13-7(2)6-16-4/h7H,5-6H2,1-4H3,(H,13,14,15). The van der Waals surface area contributed by atoms with E-state index in [1.165, 1.54) is 0 Å². The Morgan fingerprint density at radius 2 is 2.12 bits per heavy atom. The Hall–Kier alpha value is -0.480. The maximum Gasteiger partial charge on any atom is 0.137 e. The molecule has 0 saturated carbocycles. The van der Waals surface area contributed by atoms with Crippen molar-refractivity contribution in [3.05, 3.63) is 16.5 Å². The zero-order valence-corrected chi connectivity index (χ0v) is 11.7. The van der Waals surface area contributed by atoms with Crippen LogP contribution in [-0.4, -0.2) is 28.0 Å². The number of hydrogen-bond acceptors (Lipinski definition) is 4. The van der Waals surface area contributed by atoms with Crippen molar-refractivity contribution in [2.24, 2.45) is 0 Å². The van der Waals surface area contributed by atoms with Crippen molar-refractivity contribution >= 4 is 29.2 Å². The predicted octanol–water partition coefficient (Wildman–Crippen LogP) is 3.16. The summed E-state index contributed by atoms with van der Waals surface area (Å²) in [7, 11) is 0. The first-order chi connectivity index (χ1) is 7.58. The fourth-order valence-corrected chi connectivity index (χ4v) is 2.13. The van der Waals surface area contributed by atoms with E-state index in [9.17, 15) is 0 Å². The van der Waals surface area contributed by atoms with Gasteiger partial charge in [-0.1, -0.05) is 18.5 Å². The predicted molar refractivity (Wildman–Crippen MR) is 72.6 cm³/mol. The van der Waals surface area contributed by atoms with Crippen molar-refractivity contribution in [3.63, 3.8) is 0 Å². The van der Waals surface area contributed by atoms with E-state index < -0.39 is 0 Å². The van der Waals surface area contributed by atoms with Gasteiger partial charge in [0.05, 0.1) is 0 Å². The largest absolute Gasteiger partial charge is 0.366 e. The van der Waals surface area contributed by atoms with E-state index in [0.717, 1.165) is 29.4 Å². The molecule has 0 amide bonds. The molecule has 0 aromatic carbocycles. The third-order valence-electron chi connectivity index (χ3n) is 2.25. The summed E-state index contributed by atoms with van der Waals surface area (Å²) < 4.78 is 0. The molecule has 90 valence electrons. The molecular formula is C11H18ClN3S. The normalized spacial score (nSPS) is 12.6. The van der Waals surface area contributed by atoms with Gasteiger partial charge in [0.25, 0.3) is 0 Å². The van der Waals surface area contributed by atoms with Gasteiger partial charge < -0.3 is 5.32 Å². The van der Waals surface area contributed by atoms with E-state index >= 15 is 0 Å². The molecule has 1 aromatic rings. The summed E-state index contributed by atoms with van der Waals surface area (Å²) in [5.74, 6) is 2.69. The molecule has 0 aliphatic carbocycles. The minimum atomic E-state index is 0.379. The molecular weight excluding hydrogens is 242 g/mol. The maximum absolute atomic E-state index is 6.06. The van der Waals surface area contributed by atoms with Crippen LogP contribution in [0.1, 0.15) is 25.2 Å². The Labute approximate surface area is 106 Å². The number of nitrogens with one attached hydrogen (secondary N) is 1. The zero-order valence-electron chi connectivity index (χ0n) is 10.2. The lowest BCUT2D eigenvalue weighted by molar-refractivity contribution is 0.871. The minimum absolute atomic E-state index is 0.379. The van der Waals surface area contributed by atoms with Crippen LogP contribution >= 0.6 is 23.4 Å². The molecule has 5 heteroatoms. The molecule has 0 fully saturated rings. The zero-order chi connectivity index (χ0) is 12.1. The van der Waals surface area contributed by atoms with Crippen LogP contribution in [0.4, 0.5) is 5.82 Å². The van der Waals surface area contributed by atoms with E-state index in [4.69, 9.17) is 11.6 Å². The highest BCUT2D eigenvalue weighted by atomic mass is 35.5. The summed E-state index contributed by atoms with van der Waals surface area (Å²) in [6.07, 6.45) is 2.89. The lowest BCUT2D eigenvalue weighted by Crippen LogP contribution is -2.20. The Bertz CT molecular complexity index is 357. The minimum Gasteiger partial charge on any atom is -0.366 e. The molecule has 1 rings (SSSR count). The summed E-state index contributed by atoms with van der Waals surface area (Å²) in [6, 6.07) is 0.379. The molecule has 1 aromatic heterocycles. The van der Waals surface area contributed by atoms with Gasteiger partial charge in [-0.15, -0.1) is 0 Å². The van der Waals surface area contributed by atoms with E-state index in [-0.39, 0.29) is 0 Å². The first kappa shape index (κ1) is 13.6. The van der Waals surface area contributed by atoms with Crippen molar-refractivity contribution in [3.8, 4) is 0 Å². The van der Waals surface area contributed by atoms with Crippen molar-refractivity contribution in [2.45, 2.75) is 33.2 Å². The van der Waals surface area contributed by atoms with Crippen molar-refractivity contribution in [2.75, 3.05) is 17.3 Å². The third-order valence-corrected chi connectivity index (χ3v) is 3.45. The highest BCUT2D eigenvalue weighted by Gasteiger charge is 2.10. The van der Waals surface area contributed by atoms with Crippen LogP contribution in [0, 0.1) is 6.92 Å². The van der Waals surface area contributed by atoms with Crippen molar-refractivity contribution < 1.29 is 0 Å². The topological polar surface area (TPSA) is 37.8 Å². The SMILES string of the molecule is CCc1nc(Cl)c(C)c(NC(C)CSC)n1. The number of halogens is 1. The summed E-state index contributed by atoms with van der Waals surface area (Å²) >= 11 is 7.87. The summed E-state index contributed by atoms with van der Waals surface area (Å²) in [4.78, 5) is 8.67. The number of aromatic nitrogens is 2. The second kappa shape index (κ2) is 6.30. The van der Waals surface area contributed by atoms with E-state index in [0.29, 0.717) is 11.2 Å². The fraction of sp³-hybridized carbons (Fsp3) is 0.636. The molecule has 1 atom stereocenters. The average molecular weight is 260 g/mol. The lowest BCUT2D eigenvalue weighted by Gasteiger charge is -2.16. The molecule has 0 spiro atoms. The molecule has 3 nitrogen and oxygen atoms in total. The van der Waals surface area contributed by atoms with Crippen LogP contribution in [0.15, 0.2) is 0 Å². The molecule has 0 aliphatic rings. The van der Waals surface area contributed by atoms with Gasteiger partial charge >= 0.3 is 0 Å². The Morgan fingerprint density at radius 3 is 2.69 bits per heavy atom. The number of rotatable bonds is 5. The van der Waals surface area contributed by atoms with Crippen LogP contribution in [-0.2, 0) is 6.42 Å². The highest BCUT2D eigenvalue weighted by Crippen LogP contribution is 2.21. The van der Waals surface area contributed by atoms with E-state index in [2.05, 4.69) is 28.5 Å². The Morgan fingerprint density at radius 1 is 1.44 bits per heavy atom. The van der Waals surface area contributed by atoms with Gasteiger partial charge in [0, 0.05) is 23.8 Å². The summed E-state index contributed by atoms with van der Waals surface area (Å²) in [6.45, 7) is 6.10. The van der Waals surface area contributed by atoms with Crippen LogP contribution in [0.2, 0.25) is 5.15 Å². The molecule has 1 heterocycles. The first-order valence-electron chi connectivity index (χ1n) is 5.37. The molecule has 0 bridgehead atoms. The smallest absolute Gasteiger partial charge is 0.137 e. The van der Waals surface area contributed by atoms with Crippen LogP contribution in [0.3, 0.4) is 0 Å². The Kier molecular flexibility index (Phi) is 5.35. The average Bonchev–Trinajstić information content (AvgIpc) is 2.24. The molecule has 0 radical (unpaired) electrons. The number of hydrogen-bond donors (Lipinski definition) is 1. The molecule has 16 heavy (non-hydrogen) atoms. The third kappa shape index (κ3) is 3.52. The second-order valence-corrected chi connectivity index (χ2v) is 5.03. The number of thioether (sulfide) groups is 1. The van der Waals surface area contributed by atoms with Gasteiger partial charge in [-0.05, 0) is 20.1 Å². The summed E-state index contributed by atoms with van der Waals surface area (Å²) in [5, 5.41) is 3.92. The number of aryl methyl sites for hydroxylation is 1. The van der Waals surface area contributed by atoms with Gasteiger partial charge in [0.2, 0.25) is 0 Å². The van der Waals surface area contributed by atoms with Gasteiger partial charge in [0.1, 0.15) is 16.8 Å². The van der Waals surface area contributed by atoms with Gasteiger partial charge in [-0.3, -0.25) is 0 Å². The quantitative estimate of drug-likeness (QED) is 0.825. The van der Waals surface area contributed by atoms with Crippen molar-refractivity contribution in [1.82, 2.24) is 9.97 Å². The maximum atomic E-state index is 6.06. The molecule has 1 N–H and O–H groups in total. The van der Waals surface area contributed by atoms with Crippen LogP contribution < -0.4 is 5.32 Å². The first-order valence-corrected chi connectivity index (χ1v) is 7.14. The lowest BCUT2D eigenvalue weighted by atomic mass is 10.3. The fourth-order valence-electron chi connectivity index (χ4n) is 1.36. The highest BCUT2D eigenvalue weighted by molar-refractivity contribution is 7.98. The number of anilines is 1.